The topological polar surface area (TPSA) is 146 Å². The number of ether oxygens (including phenoxy) is 3. The van der Waals surface area contributed by atoms with Gasteiger partial charge in [0.05, 0.1) is 18.8 Å². The molecule has 1 saturated heterocycles. The average Bonchev–Trinajstić information content (AvgIpc) is 3.19. The molecule has 11 heteroatoms. The van der Waals surface area contributed by atoms with Gasteiger partial charge in [0.2, 0.25) is 0 Å². The van der Waals surface area contributed by atoms with Gasteiger partial charge in [0.15, 0.2) is 11.2 Å². The minimum absolute atomic E-state index is 0.0341. The number of carboxylic acids is 1. The molecule has 11 nitrogen and oxygen atoms in total. The summed E-state index contributed by atoms with van der Waals surface area (Å²) in [4.78, 5) is 44.0. The molecule has 0 aliphatic carbocycles. The molecule has 1 aliphatic rings. The third-order valence-electron chi connectivity index (χ3n) is 3.64. The number of aromatic nitrogens is 4. The van der Waals surface area contributed by atoms with Gasteiger partial charge >= 0.3 is 11.9 Å². The van der Waals surface area contributed by atoms with Gasteiger partial charge in [0.1, 0.15) is 26.0 Å². The Morgan fingerprint density at radius 1 is 1.36 bits per heavy atom. The lowest BCUT2D eigenvalue weighted by Gasteiger charge is -2.15. The van der Waals surface area contributed by atoms with Crippen molar-refractivity contribution >= 4 is 23.1 Å². The highest BCUT2D eigenvalue weighted by molar-refractivity contribution is 5.72. The minimum atomic E-state index is -1.16. The van der Waals surface area contributed by atoms with Crippen molar-refractivity contribution in [3.8, 4) is 0 Å². The lowest BCUT2D eigenvalue weighted by atomic mass is 10.2. The number of fused-ring (bicyclic) bond motifs is 1. The fourth-order valence-corrected chi connectivity index (χ4v) is 2.54. The summed E-state index contributed by atoms with van der Waals surface area (Å²) in [5, 5.41) is 8.41. The van der Waals surface area contributed by atoms with Gasteiger partial charge < -0.3 is 24.3 Å². The lowest BCUT2D eigenvalue weighted by molar-refractivity contribution is -0.156. The predicted molar refractivity (Wildman–Crippen MR) is 80.7 cm³/mol. The van der Waals surface area contributed by atoms with Crippen LogP contribution >= 0.6 is 0 Å². The number of nitrogens with one attached hydrogen (secondary N) is 1. The first-order valence-corrected chi connectivity index (χ1v) is 7.55. The van der Waals surface area contributed by atoms with Crippen molar-refractivity contribution in [2.24, 2.45) is 0 Å². The van der Waals surface area contributed by atoms with Crippen molar-refractivity contribution in [3.05, 3.63) is 23.0 Å². The SMILES string of the molecule is O=C(O)COCC(=O)OCC1CCC(n2cnc3c(=O)[nH]cnc32)O1. The first kappa shape index (κ1) is 17.0. The van der Waals surface area contributed by atoms with Gasteiger partial charge in [-0.2, -0.15) is 0 Å². The Hall–Kier alpha value is -2.79. The molecule has 0 aromatic carbocycles. The smallest absolute Gasteiger partial charge is 0.332 e. The van der Waals surface area contributed by atoms with Gasteiger partial charge in [-0.05, 0) is 12.8 Å². The van der Waals surface area contributed by atoms with Crippen LogP contribution in [0.2, 0.25) is 0 Å². The molecule has 3 heterocycles. The first-order valence-electron chi connectivity index (χ1n) is 7.55. The monoisotopic (exact) mass is 352 g/mol. The normalized spacial score (nSPS) is 20.0. The molecule has 134 valence electrons. The quantitative estimate of drug-likeness (QED) is 0.626. The van der Waals surface area contributed by atoms with E-state index in [1.54, 1.807) is 4.57 Å². The molecule has 2 unspecified atom stereocenters. The molecule has 2 aromatic heterocycles. The number of carboxylic acid groups (broad SMARTS) is 1. The van der Waals surface area contributed by atoms with Crippen LogP contribution in [0.5, 0.6) is 0 Å². The molecule has 0 bridgehead atoms. The molecule has 2 aromatic rings. The Balaban J connectivity index is 1.52. The fraction of sp³-hybridized carbons (Fsp3) is 0.500. The highest BCUT2D eigenvalue weighted by Gasteiger charge is 2.29. The van der Waals surface area contributed by atoms with Crippen LogP contribution in [0.4, 0.5) is 0 Å². The molecular weight excluding hydrogens is 336 g/mol. The van der Waals surface area contributed by atoms with Gasteiger partial charge in [0, 0.05) is 0 Å². The zero-order chi connectivity index (χ0) is 17.8. The van der Waals surface area contributed by atoms with Crippen molar-refractivity contribution in [2.45, 2.75) is 25.2 Å². The third-order valence-corrected chi connectivity index (χ3v) is 3.64. The second-order valence-corrected chi connectivity index (χ2v) is 5.42. The third kappa shape index (κ3) is 4.00. The lowest BCUT2D eigenvalue weighted by Crippen LogP contribution is -2.22. The van der Waals surface area contributed by atoms with E-state index >= 15 is 0 Å². The van der Waals surface area contributed by atoms with E-state index < -0.39 is 25.2 Å². The molecule has 0 amide bonds. The van der Waals surface area contributed by atoms with Crippen LogP contribution in [0.3, 0.4) is 0 Å². The number of esters is 1. The number of aliphatic carboxylic acids is 1. The van der Waals surface area contributed by atoms with Crippen molar-refractivity contribution in [3.63, 3.8) is 0 Å². The molecule has 0 spiro atoms. The maximum Gasteiger partial charge on any atom is 0.332 e. The second-order valence-electron chi connectivity index (χ2n) is 5.42. The largest absolute Gasteiger partial charge is 0.480 e. The number of H-pyrrole nitrogens is 1. The highest BCUT2D eigenvalue weighted by Crippen LogP contribution is 2.29. The summed E-state index contributed by atoms with van der Waals surface area (Å²) in [5.74, 6) is -1.82. The maximum atomic E-state index is 11.7. The van der Waals surface area contributed by atoms with Crippen molar-refractivity contribution < 1.29 is 28.9 Å². The van der Waals surface area contributed by atoms with E-state index in [0.717, 1.165) is 0 Å². The number of nitrogens with zero attached hydrogens (tertiary/aromatic N) is 3. The van der Waals surface area contributed by atoms with Crippen molar-refractivity contribution in [1.82, 2.24) is 19.5 Å². The van der Waals surface area contributed by atoms with E-state index in [0.29, 0.717) is 18.5 Å². The van der Waals surface area contributed by atoms with E-state index in [1.165, 1.54) is 12.7 Å². The molecule has 2 atom stereocenters. The molecule has 1 aliphatic heterocycles. The molecule has 1 fully saturated rings. The van der Waals surface area contributed by atoms with Crippen molar-refractivity contribution in [2.75, 3.05) is 19.8 Å². The number of aromatic amines is 1. The summed E-state index contributed by atoms with van der Waals surface area (Å²) >= 11 is 0. The van der Waals surface area contributed by atoms with E-state index in [9.17, 15) is 14.4 Å². The van der Waals surface area contributed by atoms with Gasteiger partial charge in [-0.3, -0.25) is 9.36 Å². The Morgan fingerprint density at radius 2 is 2.20 bits per heavy atom. The number of carbonyl (C=O) groups excluding carboxylic acids is 1. The number of carbonyl (C=O) groups is 2. The molecule has 25 heavy (non-hydrogen) atoms. The molecular formula is C14H16N4O7. The van der Waals surface area contributed by atoms with E-state index in [4.69, 9.17) is 14.6 Å². The zero-order valence-electron chi connectivity index (χ0n) is 13.1. The van der Waals surface area contributed by atoms with Crippen LogP contribution in [0.25, 0.3) is 11.2 Å². The highest BCUT2D eigenvalue weighted by atomic mass is 16.6. The Morgan fingerprint density at radius 3 is 3.00 bits per heavy atom. The summed E-state index contributed by atoms with van der Waals surface area (Å²) in [7, 11) is 0. The number of imidazole rings is 1. The Kier molecular flexibility index (Phi) is 5.05. The Labute approximate surface area is 140 Å². The van der Waals surface area contributed by atoms with Crippen LogP contribution in [0, 0.1) is 0 Å². The minimum Gasteiger partial charge on any atom is -0.480 e. The number of rotatable bonds is 7. The summed E-state index contributed by atoms with van der Waals surface area (Å²) in [6.45, 7) is -0.954. The van der Waals surface area contributed by atoms with Crippen LogP contribution in [0.1, 0.15) is 19.1 Å². The van der Waals surface area contributed by atoms with E-state index in [2.05, 4.69) is 19.7 Å². The van der Waals surface area contributed by atoms with Crippen LogP contribution in [-0.2, 0) is 23.8 Å². The van der Waals surface area contributed by atoms with Gasteiger partial charge in [-0.15, -0.1) is 0 Å². The van der Waals surface area contributed by atoms with Crippen LogP contribution in [-0.4, -0.2) is 62.5 Å². The summed E-state index contributed by atoms with van der Waals surface area (Å²) in [6.07, 6.45) is 3.42. The van der Waals surface area contributed by atoms with E-state index in [-0.39, 0.29) is 30.0 Å². The molecule has 0 saturated carbocycles. The van der Waals surface area contributed by atoms with E-state index in [1.807, 2.05) is 0 Å². The first-order chi connectivity index (χ1) is 12.0. The standard InChI is InChI=1S/C14H16N4O7/c19-10(20)4-23-5-11(21)24-3-8-1-2-9(25-8)18-7-17-12-13(18)15-6-16-14(12)22/h6-9H,1-5H2,(H,19,20)(H,15,16,22). The average molecular weight is 352 g/mol. The zero-order valence-corrected chi connectivity index (χ0v) is 13.1. The molecule has 3 rings (SSSR count). The summed E-state index contributed by atoms with van der Waals surface area (Å²) in [6, 6.07) is 0. The molecule has 2 N–H and O–H groups in total. The maximum absolute atomic E-state index is 11.7. The fourth-order valence-electron chi connectivity index (χ4n) is 2.54. The van der Waals surface area contributed by atoms with Crippen LogP contribution < -0.4 is 5.56 Å². The summed E-state index contributed by atoms with van der Waals surface area (Å²) < 4.78 is 17.1. The van der Waals surface area contributed by atoms with Gasteiger partial charge in [0.25, 0.3) is 5.56 Å². The molecule has 0 radical (unpaired) electrons. The summed E-state index contributed by atoms with van der Waals surface area (Å²) in [5.41, 5.74) is 0.332. The Bertz CT molecular complexity index is 830. The van der Waals surface area contributed by atoms with Crippen LogP contribution in [0.15, 0.2) is 17.4 Å². The predicted octanol–water partition coefficient (Wildman–Crippen LogP) is -0.558. The van der Waals surface area contributed by atoms with Gasteiger partial charge in [-0.1, -0.05) is 0 Å². The number of hydrogen-bond donors (Lipinski definition) is 2. The van der Waals surface area contributed by atoms with Crippen molar-refractivity contribution in [1.29, 1.82) is 0 Å². The second kappa shape index (κ2) is 7.40. The van der Waals surface area contributed by atoms with Gasteiger partial charge in [-0.25, -0.2) is 19.6 Å². The number of hydrogen-bond acceptors (Lipinski definition) is 8.